The van der Waals surface area contributed by atoms with Crippen LogP contribution in [0.25, 0.3) is 0 Å². The highest BCUT2D eigenvalue weighted by atomic mass is 32.4. The molecule has 3 atom stereocenters. The highest BCUT2D eigenvalue weighted by Crippen LogP contribution is 2.52. The van der Waals surface area contributed by atoms with Gasteiger partial charge in [0.1, 0.15) is 14.4 Å². The van der Waals surface area contributed by atoms with Crippen LogP contribution in [0.3, 0.4) is 0 Å². The summed E-state index contributed by atoms with van der Waals surface area (Å²) in [6, 6.07) is 36.5. The third-order valence-corrected chi connectivity index (χ3v) is 57.7. The largest absolute Gasteiger partial charge is 0.420 e. The molecule has 0 aromatic heterocycles. The molecule has 3 rings (SSSR count). The first-order chi connectivity index (χ1) is 34.1. The molecule has 0 bridgehead atoms. The maximum atomic E-state index is 7.07. The molecule has 0 saturated carbocycles. The predicted octanol–water partition coefficient (Wildman–Crippen LogP) is 22.0. The summed E-state index contributed by atoms with van der Waals surface area (Å²) in [5.74, 6) is 2.54. The smallest absolute Gasteiger partial charge is 0.190 e. The first-order valence-electron chi connectivity index (χ1n) is 30.3. The van der Waals surface area contributed by atoms with Crippen LogP contribution in [0.5, 0.6) is 0 Å². The zero-order chi connectivity index (χ0) is 57.4. The van der Waals surface area contributed by atoms with Gasteiger partial charge in [0, 0.05) is 26.0 Å². The van der Waals surface area contributed by atoms with Crippen molar-refractivity contribution in [1.82, 2.24) is 0 Å². The Balaban J connectivity index is 2.48. The normalized spacial score (nSPS) is 16.4. The molecule has 0 aliphatic heterocycles. The van der Waals surface area contributed by atoms with E-state index in [9.17, 15) is 0 Å². The van der Waals surface area contributed by atoms with Crippen molar-refractivity contribution < 1.29 is 4.43 Å². The molecule has 0 amide bonds. The molecule has 0 N–H and O–H groups in total. The predicted molar refractivity (Wildman–Crippen MR) is 367 cm³/mol. The fourth-order valence-corrected chi connectivity index (χ4v) is 31.2. The second kappa shape index (κ2) is 26.7. The number of rotatable bonds is 29. The Morgan fingerprint density at radius 3 is 1.11 bits per heavy atom. The van der Waals surface area contributed by atoms with Crippen LogP contribution < -0.4 is 10.4 Å². The van der Waals surface area contributed by atoms with Gasteiger partial charge < -0.3 is 4.43 Å². The Morgan fingerprint density at radius 1 is 0.413 bits per heavy atom. The first kappa shape index (κ1) is 68.9. The summed E-state index contributed by atoms with van der Waals surface area (Å²) < 4.78 is 7.07. The van der Waals surface area contributed by atoms with Gasteiger partial charge in [0.15, 0.2) is 8.32 Å². The molecule has 428 valence electrons. The second-order valence-corrected chi connectivity index (χ2v) is 69.4. The van der Waals surface area contributed by atoms with Crippen LogP contribution in [0.4, 0.5) is 0 Å². The van der Waals surface area contributed by atoms with Crippen LogP contribution in [-0.2, 0) is 15.3 Å². The maximum absolute atomic E-state index is 7.07. The number of hydrogen-bond donors (Lipinski definition) is 0. The zero-order valence-electron chi connectivity index (χ0n) is 54.5. The lowest BCUT2D eigenvalue weighted by Crippen LogP contribution is -2.49. The van der Waals surface area contributed by atoms with Crippen molar-refractivity contribution in [3.63, 3.8) is 0 Å². The molecule has 1 nitrogen and oxygen atoms in total. The molecule has 0 heterocycles. The van der Waals surface area contributed by atoms with Gasteiger partial charge in [0.2, 0.25) is 0 Å². The Kier molecular flexibility index (Phi) is 24.5. The lowest BCUT2D eigenvalue weighted by atomic mass is 9.68. The minimum atomic E-state index is -2.26. The van der Waals surface area contributed by atoms with Crippen LogP contribution in [0.2, 0.25) is 116 Å². The molecular formula is C66H122OS2Si6. The van der Waals surface area contributed by atoms with Crippen LogP contribution in [0.1, 0.15) is 183 Å². The van der Waals surface area contributed by atoms with Gasteiger partial charge in [-0.05, 0) is 104 Å². The van der Waals surface area contributed by atoms with Crippen LogP contribution >= 0.6 is 22.4 Å². The van der Waals surface area contributed by atoms with Crippen LogP contribution in [0, 0.1) is 0 Å². The molecule has 0 saturated heterocycles. The van der Waals surface area contributed by atoms with E-state index in [1.54, 1.807) is 27.1 Å². The van der Waals surface area contributed by atoms with Gasteiger partial charge in [-0.15, -0.1) is 0 Å². The molecule has 0 aliphatic carbocycles. The molecular weight excluding hydrogens is 1040 g/mol. The molecule has 3 aromatic rings. The van der Waals surface area contributed by atoms with Crippen LogP contribution in [-0.4, -0.2) is 65.6 Å². The zero-order valence-corrected chi connectivity index (χ0v) is 62.1. The maximum Gasteiger partial charge on any atom is 0.190 e. The minimum Gasteiger partial charge on any atom is -0.420 e. The topological polar surface area (TPSA) is 9.23 Å². The van der Waals surface area contributed by atoms with Crippen LogP contribution in [0.15, 0.2) is 72.8 Å². The fourth-order valence-electron chi connectivity index (χ4n) is 11.1. The highest BCUT2D eigenvalue weighted by molar-refractivity contribution is 8.29. The summed E-state index contributed by atoms with van der Waals surface area (Å²) in [7, 11) is -8.29. The van der Waals surface area contributed by atoms with Crippen molar-refractivity contribution in [2.24, 2.45) is 0 Å². The summed E-state index contributed by atoms with van der Waals surface area (Å²) in [4.78, 5) is 0. The summed E-state index contributed by atoms with van der Waals surface area (Å²) in [5.41, 5.74) is 6.00. The average molecular weight is 1160 g/mol. The second-order valence-electron chi connectivity index (χ2n) is 31.2. The lowest BCUT2D eigenvalue weighted by Gasteiger charge is -2.45. The van der Waals surface area contributed by atoms with Gasteiger partial charge >= 0.3 is 0 Å². The number of unbranched alkanes of at least 4 members (excludes halogenated alkanes) is 4. The van der Waals surface area contributed by atoms with E-state index >= 15 is 0 Å². The van der Waals surface area contributed by atoms with E-state index in [2.05, 4.69) is 271 Å². The van der Waals surface area contributed by atoms with Crippen molar-refractivity contribution >= 4 is 79.8 Å². The van der Waals surface area contributed by atoms with Gasteiger partial charge in [-0.3, -0.25) is 0 Å². The SMILES string of the molecule is CCCCCC(C[Si](C)(C)CCCS[Si](C)(C)C(C)(C)C)(c1ccc([Si](C)(C)C(C)(C)C)cc1)c1cccc(C(CCCCC)(C[Si](C)(CCCS[Si](C)(C)C(C)(C)C)OC)c2ccc([Si](C)(C)C(C)(C)C)cc2)c1. The Labute approximate surface area is 482 Å². The molecule has 0 fully saturated rings. The summed E-state index contributed by atoms with van der Waals surface area (Å²) >= 11 is 4.66. The first-order valence-corrected chi connectivity index (χ1v) is 52.0. The molecule has 0 aliphatic rings. The number of benzene rings is 3. The standard InChI is InChI=1S/C66H122OS2Si6/c1-27-29-31-46-65(55-38-42-59(43-39-55)71(18,19)61(3,4)5,53-70(16,17)50-34-48-68-73(22,23)63(9,10)11)57-36-33-37-58(52-57)66(47-32-30-28-2,56-40-44-60(45-41-56)72(20,21)62(6,7)8)54-75(26,67-15)51-35-49-69-74(24,25)64(12,13)14/h33,36-45,52H,27-32,34-35,46-51,53-54H2,1-26H3. The van der Waals surface area contributed by atoms with Gasteiger partial charge in [-0.25, -0.2) is 0 Å². The molecule has 9 heteroatoms. The highest BCUT2D eigenvalue weighted by Gasteiger charge is 2.47. The van der Waals surface area contributed by atoms with Gasteiger partial charge in [-0.1, -0.05) is 290 Å². The van der Waals surface area contributed by atoms with Crippen molar-refractivity contribution in [3.05, 3.63) is 95.1 Å². The fraction of sp³-hybridized carbons (Fsp3) is 0.727. The van der Waals surface area contributed by atoms with Crippen molar-refractivity contribution in [1.29, 1.82) is 0 Å². The molecule has 3 unspecified atom stereocenters. The number of hydrogen-bond acceptors (Lipinski definition) is 3. The summed E-state index contributed by atoms with van der Waals surface area (Å²) in [6.07, 6.45) is 12.4. The molecule has 75 heavy (non-hydrogen) atoms. The quantitative estimate of drug-likeness (QED) is 0.0506. The summed E-state index contributed by atoms with van der Waals surface area (Å²) in [6.45, 7) is 63.4. The third-order valence-electron chi connectivity index (χ3n) is 20.8. The van der Waals surface area contributed by atoms with E-state index < -0.39 is 47.0 Å². The van der Waals surface area contributed by atoms with E-state index in [4.69, 9.17) is 4.43 Å². The summed E-state index contributed by atoms with van der Waals surface area (Å²) in [5, 5.41) is 4.52. The molecule has 3 aromatic carbocycles. The van der Waals surface area contributed by atoms with E-state index in [-0.39, 0.29) is 20.9 Å². The Hall–Kier alpha value is -0.379. The van der Waals surface area contributed by atoms with Gasteiger partial charge in [0.25, 0.3) is 0 Å². The Morgan fingerprint density at radius 2 is 0.773 bits per heavy atom. The van der Waals surface area contributed by atoms with E-state index in [1.165, 1.54) is 93.0 Å². The van der Waals surface area contributed by atoms with Crippen molar-refractivity contribution in [2.75, 3.05) is 18.6 Å². The molecule has 0 radical (unpaired) electrons. The molecule has 0 spiro atoms. The Bertz CT molecular complexity index is 2190. The lowest BCUT2D eigenvalue weighted by molar-refractivity contribution is 0.371. The van der Waals surface area contributed by atoms with E-state index in [0.29, 0.717) is 10.1 Å². The minimum absolute atomic E-state index is 0.0657. The third kappa shape index (κ3) is 17.6. The average Bonchev–Trinajstić information content (AvgIpc) is 3.30. The van der Waals surface area contributed by atoms with E-state index in [0.717, 1.165) is 12.5 Å². The van der Waals surface area contributed by atoms with Gasteiger partial charge in [0.05, 0.1) is 16.1 Å². The van der Waals surface area contributed by atoms with Crippen molar-refractivity contribution in [2.45, 2.75) is 288 Å². The van der Waals surface area contributed by atoms with Gasteiger partial charge in [-0.2, -0.15) is 22.4 Å². The van der Waals surface area contributed by atoms with E-state index in [1.807, 2.05) is 0 Å². The monoisotopic (exact) mass is 1160 g/mol. The van der Waals surface area contributed by atoms with Crippen molar-refractivity contribution in [3.8, 4) is 0 Å².